The van der Waals surface area contributed by atoms with Gasteiger partial charge in [-0.15, -0.1) is 10.2 Å². The smallest absolute Gasteiger partial charge is 0.171 e. The summed E-state index contributed by atoms with van der Waals surface area (Å²) in [4.78, 5) is 0. The quantitative estimate of drug-likeness (QED) is 0.672. The maximum Gasteiger partial charge on any atom is 0.171 e. The highest BCUT2D eigenvalue weighted by Crippen LogP contribution is 2.22. The summed E-state index contributed by atoms with van der Waals surface area (Å²) in [5.41, 5.74) is 1.01. The lowest BCUT2D eigenvalue weighted by Crippen LogP contribution is -1.94. The molecule has 4 nitrogen and oxygen atoms in total. The molecule has 2 heterocycles. The molecule has 0 bridgehead atoms. The zero-order chi connectivity index (χ0) is 13.4. The second kappa shape index (κ2) is 4.14. The van der Waals surface area contributed by atoms with E-state index in [2.05, 4.69) is 10.2 Å². The van der Waals surface area contributed by atoms with E-state index in [9.17, 15) is 8.78 Å². The van der Waals surface area contributed by atoms with E-state index in [1.54, 1.807) is 12.1 Å². The molecule has 6 heteroatoms. The van der Waals surface area contributed by atoms with Gasteiger partial charge in [0.1, 0.15) is 17.7 Å². The Morgan fingerprint density at radius 1 is 1.11 bits per heavy atom. The van der Waals surface area contributed by atoms with Crippen LogP contribution in [-0.2, 0) is 0 Å². The van der Waals surface area contributed by atoms with Crippen molar-refractivity contribution < 1.29 is 8.78 Å². The molecule has 3 aromatic rings. The van der Waals surface area contributed by atoms with E-state index in [1.165, 1.54) is 16.7 Å². The Morgan fingerprint density at radius 2 is 1.95 bits per heavy atom. The third-order valence-electron chi connectivity index (χ3n) is 2.70. The first-order chi connectivity index (χ1) is 9.19. The topological polar surface area (TPSA) is 54.0 Å². The number of benzene rings is 1. The van der Waals surface area contributed by atoms with Gasteiger partial charge in [-0.2, -0.15) is 5.26 Å². The van der Waals surface area contributed by atoms with Crippen molar-refractivity contribution >= 4 is 5.65 Å². The van der Waals surface area contributed by atoms with E-state index < -0.39 is 11.6 Å². The second-order valence-electron chi connectivity index (χ2n) is 3.91. The first-order valence-corrected chi connectivity index (χ1v) is 5.39. The summed E-state index contributed by atoms with van der Waals surface area (Å²) in [6.45, 7) is 0. The van der Waals surface area contributed by atoms with Crippen molar-refractivity contribution in [3.8, 4) is 17.5 Å². The van der Waals surface area contributed by atoms with Crippen molar-refractivity contribution in [3.05, 3.63) is 53.7 Å². The molecule has 2 aromatic heterocycles. The molecule has 0 saturated carbocycles. The standard InChI is InChI=1S/C13H6F2N4/c14-9-2-3-10(11(15)5-9)13-18-17-12-4-1-8(6-16)7-19(12)13/h1-5,7H. The van der Waals surface area contributed by atoms with E-state index in [0.717, 1.165) is 12.1 Å². The maximum absolute atomic E-state index is 13.7. The fraction of sp³-hybridized carbons (Fsp3) is 0. The van der Waals surface area contributed by atoms with Crippen LogP contribution in [0.1, 0.15) is 5.56 Å². The van der Waals surface area contributed by atoms with Crippen molar-refractivity contribution in [3.63, 3.8) is 0 Å². The van der Waals surface area contributed by atoms with Crippen LogP contribution in [-0.4, -0.2) is 14.6 Å². The highest BCUT2D eigenvalue weighted by Gasteiger charge is 2.13. The summed E-state index contributed by atoms with van der Waals surface area (Å²) < 4.78 is 28.1. The van der Waals surface area contributed by atoms with Crippen LogP contribution in [0.2, 0.25) is 0 Å². The Kier molecular flexibility index (Phi) is 2.46. The summed E-state index contributed by atoms with van der Waals surface area (Å²) in [7, 11) is 0. The van der Waals surface area contributed by atoms with Crippen molar-refractivity contribution in [1.82, 2.24) is 14.6 Å². The molecule has 0 N–H and O–H groups in total. The van der Waals surface area contributed by atoms with Gasteiger partial charge < -0.3 is 0 Å². The molecule has 0 fully saturated rings. The lowest BCUT2D eigenvalue weighted by molar-refractivity contribution is 0.584. The molecule has 0 aliphatic heterocycles. The first-order valence-electron chi connectivity index (χ1n) is 5.39. The number of hydrogen-bond acceptors (Lipinski definition) is 3. The summed E-state index contributed by atoms with van der Waals surface area (Å²) in [5, 5.41) is 16.6. The Hall–Kier alpha value is -2.81. The number of aromatic nitrogens is 3. The number of nitriles is 1. The molecule has 0 aliphatic carbocycles. The maximum atomic E-state index is 13.7. The van der Waals surface area contributed by atoms with Crippen LogP contribution in [0.5, 0.6) is 0 Å². The number of fused-ring (bicyclic) bond motifs is 1. The molecular formula is C13H6F2N4. The molecule has 0 unspecified atom stereocenters. The van der Waals surface area contributed by atoms with Crippen molar-refractivity contribution in [2.45, 2.75) is 0 Å². The molecule has 0 radical (unpaired) electrons. The van der Waals surface area contributed by atoms with Gasteiger partial charge in [0, 0.05) is 12.3 Å². The van der Waals surface area contributed by atoms with Gasteiger partial charge in [0.25, 0.3) is 0 Å². The minimum atomic E-state index is -0.725. The fourth-order valence-electron chi connectivity index (χ4n) is 1.81. The first kappa shape index (κ1) is 11.3. The number of pyridine rings is 1. The highest BCUT2D eigenvalue weighted by atomic mass is 19.1. The predicted octanol–water partition coefficient (Wildman–Crippen LogP) is 2.55. The summed E-state index contributed by atoms with van der Waals surface area (Å²) in [6.07, 6.45) is 1.51. The Labute approximate surface area is 106 Å². The van der Waals surface area contributed by atoms with Crippen molar-refractivity contribution in [1.29, 1.82) is 5.26 Å². The molecule has 0 spiro atoms. The zero-order valence-electron chi connectivity index (χ0n) is 9.51. The largest absolute Gasteiger partial charge is 0.281 e. The van der Waals surface area contributed by atoms with Crippen LogP contribution >= 0.6 is 0 Å². The number of halogens is 2. The summed E-state index contributed by atoms with van der Waals surface area (Å²) in [5.74, 6) is -1.16. The highest BCUT2D eigenvalue weighted by molar-refractivity contribution is 5.60. The van der Waals surface area contributed by atoms with E-state index in [0.29, 0.717) is 11.2 Å². The zero-order valence-corrected chi connectivity index (χ0v) is 9.51. The normalized spacial score (nSPS) is 10.6. The lowest BCUT2D eigenvalue weighted by atomic mass is 10.2. The molecule has 92 valence electrons. The van der Waals surface area contributed by atoms with Gasteiger partial charge >= 0.3 is 0 Å². The van der Waals surface area contributed by atoms with E-state index >= 15 is 0 Å². The molecule has 3 rings (SSSR count). The van der Waals surface area contributed by atoms with Gasteiger partial charge in [-0.25, -0.2) is 8.78 Å². The molecule has 0 amide bonds. The molecule has 0 atom stereocenters. The summed E-state index contributed by atoms with van der Waals surface area (Å²) >= 11 is 0. The van der Waals surface area contributed by atoms with Crippen LogP contribution in [0.15, 0.2) is 36.5 Å². The lowest BCUT2D eigenvalue weighted by Gasteiger charge is -2.02. The minimum Gasteiger partial charge on any atom is -0.281 e. The van der Waals surface area contributed by atoms with E-state index in [-0.39, 0.29) is 11.4 Å². The average Bonchev–Trinajstić information content (AvgIpc) is 2.81. The molecular weight excluding hydrogens is 250 g/mol. The van der Waals surface area contributed by atoms with Gasteiger partial charge in [0.05, 0.1) is 11.1 Å². The van der Waals surface area contributed by atoms with Crippen LogP contribution in [0.4, 0.5) is 8.78 Å². The summed E-state index contributed by atoms with van der Waals surface area (Å²) in [6, 6.07) is 8.40. The monoisotopic (exact) mass is 256 g/mol. The minimum absolute atomic E-state index is 0.129. The number of nitrogens with zero attached hydrogens (tertiary/aromatic N) is 4. The van der Waals surface area contributed by atoms with Gasteiger partial charge in [-0.1, -0.05) is 0 Å². The van der Waals surface area contributed by atoms with Crippen molar-refractivity contribution in [2.24, 2.45) is 0 Å². The Bertz CT molecular complexity index is 817. The van der Waals surface area contributed by atoms with Crippen LogP contribution in [0, 0.1) is 23.0 Å². The Balaban J connectivity index is 2.28. The fourth-order valence-corrected chi connectivity index (χ4v) is 1.81. The van der Waals surface area contributed by atoms with Gasteiger partial charge in [0.15, 0.2) is 11.5 Å². The van der Waals surface area contributed by atoms with Gasteiger partial charge in [-0.05, 0) is 24.3 Å². The Morgan fingerprint density at radius 3 is 2.68 bits per heavy atom. The third-order valence-corrected chi connectivity index (χ3v) is 2.70. The average molecular weight is 256 g/mol. The van der Waals surface area contributed by atoms with Gasteiger partial charge in [0.2, 0.25) is 0 Å². The van der Waals surface area contributed by atoms with Crippen LogP contribution < -0.4 is 0 Å². The number of rotatable bonds is 1. The van der Waals surface area contributed by atoms with E-state index in [1.807, 2.05) is 6.07 Å². The SMILES string of the molecule is N#Cc1ccc2nnc(-c3ccc(F)cc3F)n2c1. The molecule has 1 aromatic carbocycles. The van der Waals surface area contributed by atoms with Gasteiger partial charge in [-0.3, -0.25) is 4.40 Å². The molecule has 0 aliphatic rings. The molecule has 0 saturated heterocycles. The van der Waals surface area contributed by atoms with Crippen LogP contribution in [0.25, 0.3) is 17.0 Å². The van der Waals surface area contributed by atoms with Crippen molar-refractivity contribution in [2.75, 3.05) is 0 Å². The predicted molar refractivity (Wildman–Crippen MR) is 63.1 cm³/mol. The third kappa shape index (κ3) is 1.81. The molecule has 19 heavy (non-hydrogen) atoms. The van der Waals surface area contributed by atoms with Crippen LogP contribution in [0.3, 0.4) is 0 Å². The number of hydrogen-bond donors (Lipinski definition) is 0. The second-order valence-corrected chi connectivity index (χ2v) is 3.91. The van der Waals surface area contributed by atoms with E-state index in [4.69, 9.17) is 5.26 Å².